The minimum atomic E-state index is -0.430. The summed E-state index contributed by atoms with van der Waals surface area (Å²) in [5, 5.41) is 9.98. The van der Waals surface area contributed by atoms with E-state index in [1.165, 1.54) is 0 Å². The molecule has 1 aliphatic carbocycles. The number of likely N-dealkylation sites (N-methyl/N-ethyl adjacent to an activating group) is 1. The number of ether oxygens (including phenoxy) is 1. The topological polar surface area (TPSA) is 62.7 Å². The smallest absolute Gasteiger partial charge is 0.253 e. The van der Waals surface area contributed by atoms with Crippen molar-refractivity contribution < 1.29 is 14.6 Å². The molecule has 1 amide bonds. The van der Waals surface area contributed by atoms with E-state index < -0.39 is 6.10 Å². The molecular formula is C18H20N2O3. The van der Waals surface area contributed by atoms with Gasteiger partial charge in [-0.05, 0) is 49.1 Å². The molecule has 5 heteroatoms. The number of aromatic nitrogens is 1. The van der Waals surface area contributed by atoms with Gasteiger partial charge in [0.05, 0.1) is 6.10 Å². The molecule has 1 aromatic heterocycles. The van der Waals surface area contributed by atoms with Crippen LogP contribution in [0.15, 0.2) is 48.8 Å². The first kappa shape index (κ1) is 15.5. The number of carbonyl (C=O) groups is 1. The van der Waals surface area contributed by atoms with Gasteiger partial charge in [0.1, 0.15) is 11.5 Å². The van der Waals surface area contributed by atoms with Crippen LogP contribution in [-0.2, 0) is 0 Å². The Kier molecular flexibility index (Phi) is 4.57. The number of hydrogen-bond acceptors (Lipinski definition) is 4. The fourth-order valence-corrected chi connectivity index (χ4v) is 2.45. The lowest BCUT2D eigenvalue weighted by atomic mass is 10.1. The van der Waals surface area contributed by atoms with Crippen LogP contribution in [0.2, 0.25) is 0 Å². The van der Waals surface area contributed by atoms with Crippen molar-refractivity contribution >= 4 is 5.91 Å². The molecule has 0 radical (unpaired) electrons. The van der Waals surface area contributed by atoms with Gasteiger partial charge in [-0.2, -0.15) is 0 Å². The maximum absolute atomic E-state index is 12.5. The van der Waals surface area contributed by atoms with Crippen LogP contribution in [0, 0.1) is 5.92 Å². The number of pyridine rings is 1. The molecule has 2 aromatic rings. The highest BCUT2D eigenvalue weighted by atomic mass is 16.5. The van der Waals surface area contributed by atoms with Crippen LogP contribution < -0.4 is 4.74 Å². The predicted molar refractivity (Wildman–Crippen MR) is 86.4 cm³/mol. The summed E-state index contributed by atoms with van der Waals surface area (Å²) >= 11 is 0. The van der Waals surface area contributed by atoms with E-state index >= 15 is 0 Å². The second-order valence-electron chi connectivity index (χ2n) is 5.90. The number of hydrogen-bond donors (Lipinski definition) is 1. The lowest BCUT2D eigenvalue weighted by Crippen LogP contribution is -2.35. The maximum atomic E-state index is 12.5. The summed E-state index contributed by atoms with van der Waals surface area (Å²) in [6.45, 7) is 0.360. The molecule has 0 bridgehead atoms. The van der Waals surface area contributed by atoms with Crippen LogP contribution in [0.3, 0.4) is 0 Å². The highest BCUT2D eigenvalue weighted by Crippen LogP contribution is 2.32. The van der Waals surface area contributed by atoms with Crippen molar-refractivity contribution in [3.05, 3.63) is 54.4 Å². The quantitative estimate of drug-likeness (QED) is 0.891. The van der Waals surface area contributed by atoms with Gasteiger partial charge in [-0.15, -0.1) is 0 Å². The number of aliphatic hydroxyl groups excluding tert-OH is 1. The first-order valence-corrected chi connectivity index (χ1v) is 7.75. The third-order valence-electron chi connectivity index (χ3n) is 3.94. The molecule has 1 heterocycles. The van der Waals surface area contributed by atoms with Gasteiger partial charge in [0, 0.05) is 31.5 Å². The van der Waals surface area contributed by atoms with E-state index in [1.54, 1.807) is 60.7 Å². The van der Waals surface area contributed by atoms with Crippen LogP contribution >= 0.6 is 0 Å². The van der Waals surface area contributed by atoms with Crippen molar-refractivity contribution in [3.63, 3.8) is 0 Å². The van der Waals surface area contributed by atoms with Crippen LogP contribution in [0.5, 0.6) is 11.5 Å². The molecule has 1 saturated carbocycles. The van der Waals surface area contributed by atoms with E-state index in [4.69, 9.17) is 4.74 Å². The summed E-state index contributed by atoms with van der Waals surface area (Å²) in [7, 11) is 1.71. The SMILES string of the molecule is CN(CC(O)C1CC1)C(=O)c1cccc(Oc2ccncc2)c1. The lowest BCUT2D eigenvalue weighted by Gasteiger charge is -2.21. The molecule has 3 rings (SSSR count). The molecule has 1 unspecified atom stereocenters. The summed E-state index contributed by atoms with van der Waals surface area (Å²) < 4.78 is 5.72. The number of carbonyl (C=O) groups excluding carboxylic acids is 1. The van der Waals surface area contributed by atoms with Crippen LogP contribution in [0.25, 0.3) is 0 Å². The number of nitrogens with zero attached hydrogens (tertiary/aromatic N) is 2. The van der Waals surface area contributed by atoms with Gasteiger partial charge in [0.2, 0.25) is 0 Å². The van der Waals surface area contributed by atoms with E-state index in [2.05, 4.69) is 4.98 Å². The summed E-state index contributed by atoms with van der Waals surface area (Å²) in [4.78, 5) is 18.0. The van der Waals surface area contributed by atoms with Crippen LogP contribution in [-0.4, -0.2) is 40.6 Å². The van der Waals surface area contributed by atoms with Crippen molar-refractivity contribution in [2.45, 2.75) is 18.9 Å². The Morgan fingerprint density at radius 3 is 2.74 bits per heavy atom. The molecule has 1 aliphatic rings. The summed E-state index contributed by atoms with van der Waals surface area (Å²) in [5.41, 5.74) is 0.544. The molecule has 0 saturated heterocycles. The van der Waals surface area contributed by atoms with Crippen molar-refractivity contribution in [2.75, 3.05) is 13.6 Å². The average molecular weight is 312 g/mol. The molecule has 1 fully saturated rings. The molecule has 1 atom stereocenters. The average Bonchev–Trinajstić information content (AvgIpc) is 3.40. The van der Waals surface area contributed by atoms with Crippen LogP contribution in [0.1, 0.15) is 23.2 Å². The predicted octanol–water partition coefficient (Wildman–Crippen LogP) is 2.72. The van der Waals surface area contributed by atoms with Gasteiger partial charge in [0.15, 0.2) is 0 Å². The normalized spacial score (nSPS) is 15.0. The Morgan fingerprint density at radius 1 is 1.30 bits per heavy atom. The van der Waals surface area contributed by atoms with E-state index in [1.807, 2.05) is 0 Å². The van der Waals surface area contributed by atoms with Crippen molar-refractivity contribution in [2.24, 2.45) is 5.92 Å². The minimum absolute atomic E-state index is 0.120. The Labute approximate surface area is 135 Å². The first-order chi connectivity index (χ1) is 11.1. The van der Waals surface area contributed by atoms with Gasteiger partial charge >= 0.3 is 0 Å². The van der Waals surface area contributed by atoms with Gasteiger partial charge in [-0.1, -0.05) is 6.07 Å². The first-order valence-electron chi connectivity index (χ1n) is 7.75. The van der Waals surface area contributed by atoms with Gasteiger partial charge in [-0.25, -0.2) is 0 Å². The zero-order chi connectivity index (χ0) is 16.2. The highest BCUT2D eigenvalue weighted by molar-refractivity contribution is 5.94. The Bertz CT molecular complexity index is 671. The van der Waals surface area contributed by atoms with Gasteiger partial charge < -0.3 is 14.7 Å². The Morgan fingerprint density at radius 2 is 2.04 bits per heavy atom. The Hall–Kier alpha value is -2.40. The molecule has 0 spiro atoms. The zero-order valence-electron chi connectivity index (χ0n) is 13.1. The minimum Gasteiger partial charge on any atom is -0.457 e. The molecule has 0 aliphatic heterocycles. The van der Waals surface area contributed by atoms with Crippen molar-refractivity contribution in [1.29, 1.82) is 0 Å². The fourth-order valence-electron chi connectivity index (χ4n) is 2.45. The lowest BCUT2D eigenvalue weighted by molar-refractivity contribution is 0.0645. The van der Waals surface area contributed by atoms with E-state index in [0.29, 0.717) is 29.5 Å². The summed E-state index contributed by atoms with van der Waals surface area (Å²) in [6, 6.07) is 10.6. The monoisotopic (exact) mass is 312 g/mol. The number of rotatable bonds is 6. The molecular weight excluding hydrogens is 292 g/mol. The van der Waals surface area contributed by atoms with Crippen molar-refractivity contribution in [3.8, 4) is 11.5 Å². The number of aliphatic hydroxyl groups is 1. The fraction of sp³-hybridized carbons (Fsp3) is 0.333. The van der Waals surface area contributed by atoms with E-state index in [-0.39, 0.29) is 5.91 Å². The standard InChI is InChI=1S/C18H20N2O3/c1-20(12-17(21)13-5-6-13)18(22)14-3-2-4-16(11-14)23-15-7-9-19-10-8-15/h2-4,7-11,13,17,21H,5-6,12H2,1H3. The summed E-state index contributed by atoms with van der Waals surface area (Å²) in [5.74, 6) is 1.50. The molecule has 5 nitrogen and oxygen atoms in total. The summed E-state index contributed by atoms with van der Waals surface area (Å²) in [6.07, 6.45) is 4.98. The van der Waals surface area contributed by atoms with E-state index in [0.717, 1.165) is 12.8 Å². The molecule has 120 valence electrons. The molecule has 23 heavy (non-hydrogen) atoms. The third-order valence-corrected chi connectivity index (χ3v) is 3.94. The zero-order valence-corrected chi connectivity index (χ0v) is 13.1. The van der Waals surface area contributed by atoms with E-state index in [9.17, 15) is 9.90 Å². The van der Waals surface area contributed by atoms with Gasteiger partial charge in [0.25, 0.3) is 5.91 Å². The molecule has 1 N–H and O–H groups in total. The maximum Gasteiger partial charge on any atom is 0.253 e. The van der Waals surface area contributed by atoms with Crippen molar-refractivity contribution in [1.82, 2.24) is 9.88 Å². The second kappa shape index (κ2) is 6.79. The van der Waals surface area contributed by atoms with Gasteiger partial charge in [-0.3, -0.25) is 9.78 Å². The Balaban J connectivity index is 1.67. The van der Waals surface area contributed by atoms with Crippen LogP contribution in [0.4, 0.5) is 0 Å². The number of benzene rings is 1. The molecule has 1 aromatic carbocycles. The number of amides is 1. The third kappa shape index (κ3) is 4.07. The largest absolute Gasteiger partial charge is 0.457 e. The highest BCUT2D eigenvalue weighted by Gasteiger charge is 2.31. The second-order valence-corrected chi connectivity index (χ2v) is 5.90.